The van der Waals surface area contributed by atoms with Crippen molar-refractivity contribution in [3.05, 3.63) is 22.7 Å². The highest BCUT2D eigenvalue weighted by atomic mass is 35.5. The molecule has 4 N–H and O–H groups in total. The Morgan fingerprint density at radius 3 is 2.62 bits per heavy atom. The van der Waals surface area contributed by atoms with E-state index in [1.54, 1.807) is 0 Å². The molecule has 1 amide bonds. The first-order chi connectivity index (χ1) is 6.06. The second kappa shape index (κ2) is 3.53. The number of ether oxygens (including phenoxy) is 1. The average molecular weight is 201 g/mol. The molecule has 0 radical (unpaired) electrons. The van der Waals surface area contributed by atoms with Gasteiger partial charge < -0.3 is 16.2 Å². The molecule has 0 aliphatic rings. The van der Waals surface area contributed by atoms with Crippen LogP contribution in [0.1, 0.15) is 10.4 Å². The molecule has 0 saturated heterocycles. The zero-order chi connectivity index (χ0) is 10.0. The van der Waals surface area contributed by atoms with E-state index >= 15 is 0 Å². The van der Waals surface area contributed by atoms with E-state index in [2.05, 4.69) is 0 Å². The first-order valence-corrected chi connectivity index (χ1v) is 3.87. The fraction of sp³-hybridized carbons (Fsp3) is 0.125. The van der Waals surface area contributed by atoms with Crippen molar-refractivity contribution in [2.24, 2.45) is 5.73 Å². The second-order valence-electron chi connectivity index (χ2n) is 2.44. The van der Waals surface area contributed by atoms with Crippen LogP contribution in [-0.2, 0) is 0 Å². The standard InChI is InChI=1S/C8H9ClN2O2/c1-13-7-5(8(11)12)2-4(9)3-6(7)10/h2-3H,10H2,1H3,(H2,11,12). The van der Waals surface area contributed by atoms with E-state index < -0.39 is 5.91 Å². The molecule has 5 heteroatoms. The predicted octanol–water partition coefficient (Wildman–Crippen LogP) is 1.03. The average Bonchev–Trinajstić information content (AvgIpc) is 2.02. The minimum atomic E-state index is -0.619. The van der Waals surface area contributed by atoms with Gasteiger partial charge in [-0.15, -0.1) is 0 Å². The molecule has 0 aliphatic heterocycles. The number of benzene rings is 1. The Bertz CT molecular complexity index is 352. The lowest BCUT2D eigenvalue weighted by molar-refractivity contribution is 0.0997. The molecular formula is C8H9ClN2O2. The van der Waals surface area contributed by atoms with Gasteiger partial charge in [-0.2, -0.15) is 0 Å². The highest BCUT2D eigenvalue weighted by Crippen LogP contribution is 2.29. The lowest BCUT2D eigenvalue weighted by Crippen LogP contribution is -2.13. The molecule has 0 atom stereocenters. The van der Waals surface area contributed by atoms with Gasteiger partial charge >= 0.3 is 0 Å². The summed E-state index contributed by atoms with van der Waals surface area (Å²) < 4.78 is 4.91. The highest BCUT2D eigenvalue weighted by Gasteiger charge is 2.12. The number of anilines is 1. The molecule has 0 aromatic heterocycles. The maximum atomic E-state index is 10.9. The van der Waals surface area contributed by atoms with Crippen molar-refractivity contribution in [1.82, 2.24) is 0 Å². The normalized spacial score (nSPS) is 9.69. The van der Waals surface area contributed by atoms with Crippen LogP contribution in [0.15, 0.2) is 12.1 Å². The molecular weight excluding hydrogens is 192 g/mol. The summed E-state index contributed by atoms with van der Waals surface area (Å²) in [6.07, 6.45) is 0. The minimum absolute atomic E-state index is 0.188. The number of carbonyl (C=O) groups is 1. The van der Waals surface area contributed by atoms with Crippen molar-refractivity contribution >= 4 is 23.2 Å². The molecule has 0 unspecified atom stereocenters. The van der Waals surface area contributed by atoms with E-state index in [-0.39, 0.29) is 11.3 Å². The van der Waals surface area contributed by atoms with Gasteiger partial charge in [-0.3, -0.25) is 4.79 Å². The molecule has 1 aromatic carbocycles. The van der Waals surface area contributed by atoms with Crippen molar-refractivity contribution in [1.29, 1.82) is 0 Å². The number of halogens is 1. The lowest BCUT2D eigenvalue weighted by atomic mass is 10.1. The van der Waals surface area contributed by atoms with Crippen LogP contribution in [0.5, 0.6) is 5.75 Å². The molecule has 0 fully saturated rings. The number of hydrogen-bond acceptors (Lipinski definition) is 3. The van der Waals surface area contributed by atoms with Crippen molar-refractivity contribution in [2.75, 3.05) is 12.8 Å². The predicted molar refractivity (Wildman–Crippen MR) is 50.9 cm³/mol. The Morgan fingerprint density at radius 2 is 2.15 bits per heavy atom. The zero-order valence-electron chi connectivity index (χ0n) is 7.00. The van der Waals surface area contributed by atoms with Gasteiger partial charge in [0.25, 0.3) is 5.91 Å². The van der Waals surface area contributed by atoms with Crippen LogP contribution in [-0.4, -0.2) is 13.0 Å². The number of hydrogen-bond donors (Lipinski definition) is 2. The summed E-state index contributed by atoms with van der Waals surface area (Å²) in [5.41, 5.74) is 11.1. The van der Waals surface area contributed by atoms with Crippen molar-refractivity contribution in [2.45, 2.75) is 0 Å². The smallest absolute Gasteiger partial charge is 0.252 e. The SMILES string of the molecule is COc1c(N)cc(Cl)cc1C(N)=O. The summed E-state index contributed by atoms with van der Waals surface area (Å²) in [5.74, 6) is -0.358. The number of carbonyl (C=O) groups excluding carboxylic acids is 1. The second-order valence-corrected chi connectivity index (χ2v) is 2.88. The first-order valence-electron chi connectivity index (χ1n) is 3.49. The van der Waals surface area contributed by atoms with Gasteiger partial charge in [0.1, 0.15) is 0 Å². The zero-order valence-corrected chi connectivity index (χ0v) is 7.76. The quantitative estimate of drug-likeness (QED) is 0.700. The number of primary amides is 1. The van der Waals surface area contributed by atoms with E-state index in [0.29, 0.717) is 10.7 Å². The molecule has 1 rings (SSSR count). The van der Waals surface area contributed by atoms with Crippen LogP contribution in [0, 0.1) is 0 Å². The summed E-state index contributed by atoms with van der Waals surface area (Å²) in [5, 5.41) is 0.354. The molecule has 70 valence electrons. The Morgan fingerprint density at radius 1 is 1.54 bits per heavy atom. The van der Waals surface area contributed by atoms with E-state index in [0.717, 1.165) is 0 Å². The van der Waals surface area contributed by atoms with Gasteiger partial charge in [-0.1, -0.05) is 11.6 Å². The molecule has 0 heterocycles. The Balaban J connectivity index is 3.38. The molecule has 1 aromatic rings. The molecule has 4 nitrogen and oxygen atoms in total. The Kier molecular flexibility index (Phi) is 2.63. The lowest BCUT2D eigenvalue weighted by Gasteiger charge is -2.08. The van der Waals surface area contributed by atoms with Crippen LogP contribution >= 0.6 is 11.6 Å². The third-order valence-electron chi connectivity index (χ3n) is 1.55. The number of nitrogen functional groups attached to an aromatic ring is 1. The van der Waals surface area contributed by atoms with Gasteiger partial charge in [0, 0.05) is 5.02 Å². The van der Waals surface area contributed by atoms with E-state index in [4.69, 9.17) is 27.8 Å². The van der Waals surface area contributed by atoms with E-state index in [1.165, 1.54) is 19.2 Å². The number of methoxy groups -OCH3 is 1. The molecule has 13 heavy (non-hydrogen) atoms. The third kappa shape index (κ3) is 1.84. The number of nitrogens with two attached hydrogens (primary N) is 2. The highest BCUT2D eigenvalue weighted by molar-refractivity contribution is 6.31. The van der Waals surface area contributed by atoms with Crippen LogP contribution in [0.2, 0.25) is 5.02 Å². The van der Waals surface area contributed by atoms with Crippen molar-refractivity contribution in [3.8, 4) is 5.75 Å². The van der Waals surface area contributed by atoms with E-state index in [1.807, 2.05) is 0 Å². The van der Waals surface area contributed by atoms with Crippen molar-refractivity contribution < 1.29 is 9.53 Å². The fourth-order valence-electron chi connectivity index (χ4n) is 1.03. The molecule has 0 aliphatic carbocycles. The monoisotopic (exact) mass is 200 g/mol. The van der Waals surface area contributed by atoms with Crippen LogP contribution in [0.25, 0.3) is 0 Å². The van der Waals surface area contributed by atoms with Gasteiger partial charge in [-0.05, 0) is 12.1 Å². The van der Waals surface area contributed by atoms with Gasteiger partial charge in [0.15, 0.2) is 5.75 Å². The van der Waals surface area contributed by atoms with Gasteiger partial charge in [-0.25, -0.2) is 0 Å². The van der Waals surface area contributed by atoms with Gasteiger partial charge in [0.2, 0.25) is 0 Å². The van der Waals surface area contributed by atoms with Crippen molar-refractivity contribution in [3.63, 3.8) is 0 Å². The molecule has 0 spiro atoms. The maximum absolute atomic E-state index is 10.9. The van der Waals surface area contributed by atoms with Crippen LogP contribution in [0.3, 0.4) is 0 Å². The summed E-state index contributed by atoms with van der Waals surface area (Å²) in [7, 11) is 1.41. The first kappa shape index (κ1) is 9.67. The summed E-state index contributed by atoms with van der Waals surface area (Å²) in [6.45, 7) is 0. The maximum Gasteiger partial charge on any atom is 0.252 e. The van der Waals surface area contributed by atoms with E-state index in [9.17, 15) is 4.79 Å². The van der Waals surface area contributed by atoms with Gasteiger partial charge in [0.05, 0.1) is 18.4 Å². The third-order valence-corrected chi connectivity index (χ3v) is 1.77. The molecule has 0 bridgehead atoms. The minimum Gasteiger partial charge on any atom is -0.494 e. The summed E-state index contributed by atoms with van der Waals surface area (Å²) in [6, 6.07) is 2.91. The summed E-state index contributed by atoms with van der Waals surface area (Å²) in [4.78, 5) is 10.9. The largest absolute Gasteiger partial charge is 0.494 e. The number of rotatable bonds is 2. The summed E-state index contributed by atoms with van der Waals surface area (Å²) >= 11 is 5.68. The number of amides is 1. The fourth-order valence-corrected chi connectivity index (χ4v) is 1.25. The van der Waals surface area contributed by atoms with Crippen LogP contribution < -0.4 is 16.2 Å². The Hall–Kier alpha value is -1.42. The Labute approximate surface area is 80.4 Å². The topological polar surface area (TPSA) is 78.3 Å². The molecule has 0 saturated carbocycles. The van der Waals surface area contributed by atoms with Crippen LogP contribution in [0.4, 0.5) is 5.69 Å².